The van der Waals surface area contributed by atoms with Gasteiger partial charge in [-0.2, -0.15) is 5.10 Å². The van der Waals surface area contributed by atoms with E-state index in [9.17, 15) is 4.79 Å². The molecule has 0 bridgehead atoms. The summed E-state index contributed by atoms with van der Waals surface area (Å²) in [6, 6.07) is 15.1. The van der Waals surface area contributed by atoms with E-state index in [2.05, 4.69) is 15.1 Å². The van der Waals surface area contributed by atoms with Gasteiger partial charge in [-0.25, -0.2) is 5.43 Å². The number of hydrogen-bond donors (Lipinski definition) is 1. The number of rotatable bonds is 5. The Labute approximate surface area is 173 Å². The van der Waals surface area contributed by atoms with Gasteiger partial charge in [0.2, 0.25) is 12.7 Å². The van der Waals surface area contributed by atoms with Crippen LogP contribution in [0.4, 0.5) is 0 Å². The standard InChI is InChI=1S/C22H20ClN3O3/c1-14-8-17(15(2)26(14)19-5-3-4-18(23)11-19)12-24-25-22(27)10-16-6-7-20-21(9-16)29-13-28-20/h3-9,11-12H,10,13H2,1-2H3,(H,25,27)/b24-12-. The fourth-order valence-electron chi connectivity index (χ4n) is 3.38. The molecule has 0 atom stereocenters. The SMILES string of the molecule is Cc1cc(/C=N\NC(=O)Cc2ccc3c(c2)OCO3)c(C)n1-c1cccc(Cl)c1. The summed E-state index contributed by atoms with van der Waals surface area (Å²) >= 11 is 6.12. The minimum atomic E-state index is -0.205. The molecule has 6 nitrogen and oxygen atoms in total. The fraction of sp³-hybridized carbons (Fsp3) is 0.182. The molecule has 29 heavy (non-hydrogen) atoms. The fourth-order valence-corrected chi connectivity index (χ4v) is 3.57. The number of nitrogens with one attached hydrogen (secondary N) is 1. The first-order chi connectivity index (χ1) is 14.0. The van der Waals surface area contributed by atoms with E-state index in [1.54, 1.807) is 12.3 Å². The lowest BCUT2D eigenvalue weighted by atomic mass is 10.1. The van der Waals surface area contributed by atoms with E-state index in [1.165, 1.54) is 0 Å². The molecule has 1 aliphatic heterocycles. The van der Waals surface area contributed by atoms with Crippen molar-refractivity contribution in [3.63, 3.8) is 0 Å². The van der Waals surface area contributed by atoms with Crippen LogP contribution in [0.2, 0.25) is 5.02 Å². The Bertz CT molecular complexity index is 1100. The summed E-state index contributed by atoms with van der Waals surface area (Å²) in [5, 5.41) is 4.80. The third kappa shape index (κ3) is 4.12. The van der Waals surface area contributed by atoms with Crippen LogP contribution in [0.25, 0.3) is 5.69 Å². The number of hydrazone groups is 1. The lowest BCUT2D eigenvalue weighted by molar-refractivity contribution is -0.120. The van der Waals surface area contributed by atoms with Gasteiger partial charge in [0.1, 0.15) is 0 Å². The summed E-state index contributed by atoms with van der Waals surface area (Å²) in [6.45, 7) is 4.23. The topological polar surface area (TPSA) is 64.8 Å². The minimum Gasteiger partial charge on any atom is -0.454 e. The summed E-state index contributed by atoms with van der Waals surface area (Å²) in [7, 11) is 0. The highest BCUT2D eigenvalue weighted by atomic mass is 35.5. The number of hydrogen-bond acceptors (Lipinski definition) is 4. The Morgan fingerprint density at radius 1 is 1.17 bits per heavy atom. The largest absolute Gasteiger partial charge is 0.454 e. The van der Waals surface area contributed by atoms with Crippen molar-refractivity contribution in [3.05, 3.63) is 76.1 Å². The molecule has 0 fully saturated rings. The lowest BCUT2D eigenvalue weighted by Crippen LogP contribution is -2.19. The van der Waals surface area contributed by atoms with Crippen LogP contribution in [0.5, 0.6) is 11.5 Å². The van der Waals surface area contributed by atoms with Gasteiger partial charge in [0.15, 0.2) is 11.5 Å². The molecule has 7 heteroatoms. The van der Waals surface area contributed by atoms with Crippen molar-refractivity contribution >= 4 is 23.7 Å². The van der Waals surface area contributed by atoms with E-state index >= 15 is 0 Å². The lowest BCUT2D eigenvalue weighted by Gasteiger charge is -2.09. The van der Waals surface area contributed by atoms with Crippen LogP contribution in [0.3, 0.4) is 0 Å². The quantitative estimate of drug-likeness (QED) is 0.508. The van der Waals surface area contributed by atoms with Gasteiger partial charge in [-0.05, 0) is 55.8 Å². The highest BCUT2D eigenvalue weighted by molar-refractivity contribution is 6.30. The van der Waals surface area contributed by atoms with Crippen LogP contribution >= 0.6 is 11.6 Å². The van der Waals surface area contributed by atoms with Crippen LogP contribution < -0.4 is 14.9 Å². The zero-order valence-corrected chi connectivity index (χ0v) is 16.9. The summed E-state index contributed by atoms with van der Waals surface area (Å²) in [5.41, 5.74) is 7.39. The number of aromatic nitrogens is 1. The summed E-state index contributed by atoms with van der Waals surface area (Å²) in [4.78, 5) is 12.2. The van der Waals surface area contributed by atoms with Crippen LogP contribution in [0.15, 0.2) is 53.6 Å². The Hall–Kier alpha value is -3.25. The van der Waals surface area contributed by atoms with Gasteiger partial charge in [-0.1, -0.05) is 23.7 Å². The van der Waals surface area contributed by atoms with Gasteiger partial charge in [-0.15, -0.1) is 0 Å². The number of halogens is 1. The molecule has 0 aliphatic carbocycles. The van der Waals surface area contributed by atoms with E-state index in [0.717, 1.165) is 28.2 Å². The zero-order valence-electron chi connectivity index (χ0n) is 16.1. The summed E-state index contributed by atoms with van der Waals surface area (Å²) < 4.78 is 12.7. The number of fused-ring (bicyclic) bond motifs is 1. The molecular formula is C22H20ClN3O3. The summed E-state index contributed by atoms with van der Waals surface area (Å²) in [5.74, 6) is 1.15. The third-order valence-electron chi connectivity index (χ3n) is 4.73. The average Bonchev–Trinajstić information content (AvgIpc) is 3.25. The monoisotopic (exact) mass is 409 g/mol. The van der Waals surface area contributed by atoms with Gasteiger partial charge in [0.25, 0.3) is 0 Å². The molecule has 2 aromatic carbocycles. The van der Waals surface area contributed by atoms with E-state index in [1.807, 2.05) is 56.3 Å². The van der Waals surface area contributed by atoms with Gasteiger partial charge < -0.3 is 14.0 Å². The maximum atomic E-state index is 12.2. The van der Waals surface area contributed by atoms with Crippen molar-refractivity contribution in [3.8, 4) is 17.2 Å². The van der Waals surface area contributed by atoms with Crippen LogP contribution in [-0.2, 0) is 11.2 Å². The van der Waals surface area contributed by atoms with Crippen molar-refractivity contribution in [1.82, 2.24) is 9.99 Å². The molecule has 0 radical (unpaired) electrons. The Kier molecular flexibility index (Phi) is 5.27. The molecule has 2 heterocycles. The number of amides is 1. The van der Waals surface area contributed by atoms with E-state index in [0.29, 0.717) is 16.5 Å². The Morgan fingerprint density at radius 3 is 2.83 bits per heavy atom. The molecule has 0 spiro atoms. The molecular weight excluding hydrogens is 390 g/mol. The van der Waals surface area contributed by atoms with Crippen LogP contribution in [0, 0.1) is 13.8 Å². The molecule has 148 valence electrons. The predicted octanol–water partition coefficient (Wildman–Crippen LogP) is 4.17. The molecule has 1 aromatic heterocycles. The molecule has 1 N–H and O–H groups in total. The van der Waals surface area contributed by atoms with Crippen LogP contribution in [-0.4, -0.2) is 23.5 Å². The van der Waals surface area contributed by atoms with Crippen molar-refractivity contribution in [2.24, 2.45) is 5.10 Å². The second-order valence-corrected chi connectivity index (χ2v) is 7.24. The maximum Gasteiger partial charge on any atom is 0.244 e. The minimum absolute atomic E-state index is 0.204. The van der Waals surface area contributed by atoms with Crippen LogP contribution in [0.1, 0.15) is 22.5 Å². The first-order valence-corrected chi connectivity index (χ1v) is 9.54. The first kappa shape index (κ1) is 19.1. The number of carbonyl (C=O) groups excluding carboxylic acids is 1. The van der Waals surface area contributed by atoms with E-state index in [-0.39, 0.29) is 19.1 Å². The third-order valence-corrected chi connectivity index (χ3v) is 4.97. The molecule has 0 saturated heterocycles. The van der Waals surface area contributed by atoms with Gasteiger partial charge in [-0.3, -0.25) is 4.79 Å². The second kappa shape index (κ2) is 8.01. The number of aryl methyl sites for hydroxylation is 1. The average molecular weight is 410 g/mol. The normalized spacial score (nSPS) is 12.5. The Balaban J connectivity index is 1.43. The number of carbonyl (C=O) groups is 1. The molecule has 0 saturated carbocycles. The first-order valence-electron chi connectivity index (χ1n) is 9.16. The summed E-state index contributed by atoms with van der Waals surface area (Å²) in [6.07, 6.45) is 1.86. The van der Waals surface area contributed by atoms with Gasteiger partial charge >= 0.3 is 0 Å². The Morgan fingerprint density at radius 2 is 2.00 bits per heavy atom. The maximum absolute atomic E-state index is 12.2. The molecule has 0 unspecified atom stereocenters. The van der Waals surface area contributed by atoms with Crippen molar-refractivity contribution in [2.45, 2.75) is 20.3 Å². The van der Waals surface area contributed by atoms with Crippen molar-refractivity contribution < 1.29 is 14.3 Å². The van der Waals surface area contributed by atoms with Crippen molar-refractivity contribution in [1.29, 1.82) is 0 Å². The smallest absolute Gasteiger partial charge is 0.244 e. The highest BCUT2D eigenvalue weighted by Crippen LogP contribution is 2.32. The zero-order chi connectivity index (χ0) is 20.4. The highest BCUT2D eigenvalue weighted by Gasteiger charge is 2.14. The molecule has 1 amide bonds. The molecule has 1 aliphatic rings. The van der Waals surface area contributed by atoms with Gasteiger partial charge in [0, 0.05) is 27.7 Å². The number of benzene rings is 2. The van der Waals surface area contributed by atoms with Gasteiger partial charge in [0.05, 0.1) is 12.6 Å². The van der Waals surface area contributed by atoms with E-state index in [4.69, 9.17) is 21.1 Å². The number of nitrogens with zero attached hydrogens (tertiary/aromatic N) is 2. The number of ether oxygens (including phenoxy) is 2. The second-order valence-electron chi connectivity index (χ2n) is 6.80. The predicted molar refractivity (Wildman–Crippen MR) is 112 cm³/mol. The van der Waals surface area contributed by atoms with E-state index < -0.39 is 0 Å². The van der Waals surface area contributed by atoms with Crippen molar-refractivity contribution in [2.75, 3.05) is 6.79 Å². The molecule has 4 rings (SSSR count). The molecule has 3 aromatic rings.